The summed E-state index contributed by atoms with van der Waals surface area (Å²) < 4.78 is 19.1. The quantitative estimate of drug-likeness (QED) is 0.325. The van der Waals surface area contributed by atoms with Crippen LogP contribution in [0.1, 0.15) is 51.5 Å². The van der Waals surface area contributed by atoms with E-state index in [1.165, 1.54) is 12.1 Å². The van der Waals surface area contributed by atoms with Gasteiger partial charge in [0.15, 0.2) is 0 Å². The molecule has 2 fully saturated rings. The first-order valence-electron chi connectivity index (χ1n) is 13.5. The first-order valence-corrected chi connectivity index (χ1v) is 14.7. The molecule has 4 N–H and O–H groups in total. The van der Waals surface area contributed by atoms with Crippen molar-refractivity contribution in [2.75, 3.05) is 18.2 Å². The predicted octanol–water partition coefficient (Wildman–Crippen LogP) is 5.36. The summed E-state index contributed by atoms with van der Waals surface area (Å²) in [6.07, 6.45) is 2.74. The van der Waals surface area contributed by atoms with Crippen molar-refractivity contribution >= 4 is 29.4 Å². The lowest BCUT2D eigenvalue weighted by molar-refractivity contribution is -0.185. The molecule has 2 aliphatic carbocycles. The molecule has 0 aliphatic heterocycles. The van der Waals surface area contributed by atoms with E-state index in [0.29, 0.717) is 31.4 Å². The topological polar surface area (TPSA) is 108 Å². The summed E-state index contributed by atoms with van der Waals surface area (Å²) in [5.41, 5.74) is 0.285. The average molecular weight is 559 g/mol. The maximum Gasteiger partial charge on any atom is 0.411 e. The summed E-state index contributed by atoms with van der Waals surface area (Å²) in [6, 6.07) is 13.5. The van der Waals surface area contributed by atoms with Gasteiger partial charge >= 0.3 is 6.09 Å². The summed E-state index contributed by atoms with van der Waals surface area (Å²) in [5, 5.41) is 27.4. The van der Waals surface area contributed by atoms with E-state index in [1.54, 1.807) is 30.0 Å². The van der Waals surface area contributed by atoms with Gasteiger partial charge in [0.25, 0.3) is 0 Å². The first kappa shape index (κ1) is 29.4. The van der Waals surface area contributed by atoms with Gasteiger partial charge in [-0.3, -0.25) is 10.1 Å². The van der Waals surface area contributed by atoms with Gasteiger partial charge in [-0.25, -0.2) is 9.18 Å². The number of hydrogen-bond acceptors (Lipinski definition) is 6. The van der Waals surface area contributed by atoms with Crippen LogP contribution in [0.4, 0.5) is 14.9 Å². The molecule has 0 bridgehead atoms. The first-order chi connectivity index (χ1) is 18.6. The van der Waals surface area contributed by atoms with E-state index < -0.39 is 29.1 Å². The van der Waals surface area contributed by atoms with Gasteiger partial charge in [0.05, 0.1) is 12.7 Å². The lowest BCUT2D eigenvalue weighted by Crippen LogP contribution is -2.61. The molecule has 0 radical (unpaired) electrons. The number of halogens is 1. The highest BCUT2D eigenvalue weighted by Gasteiger charge is 2.60. The molecular weight excluding hydrogens is 519 g/mol. The fraction of sp³-hybridized carbons (Fsp3) is 0.533. The van der Waals surface area contributed by atoms with Crippen LogP contribution in [0.25, 0.3) is 0 Å². The number of benzene rings is 2. The van der Waals surface area contributed by atoms with Crippen LogP contribution in [0.5, 0.6) is 0 Å². The molecule has 0 aromatic heterocycles. The minimum absolute atomic E-state index is 0.0559. The molecule has 0 heterocycles. The van der Waals surface area contributed by atoms with Crippen LogP contribution < -0.4 is 10.6 Å². The molecule has 2 aliphatic rings. The van der Waals surface area contributed by atoms with E-state index in [0.717, 1.165) is 10.5 Å². The number of rotatable bonds is 8. The average Bonchev–Trinajstić information content (AvgIpc) is 2.92. The van der Waals surface area contributed by atoms with Gasteiger partial charge in [0.2, 0.25) is 5.91 Å². The van der Waals surface area contributed by atoms with Gasteiger partial charge < -0.3 is 20.3 Å². The number of aliphatic hydroxyl groups is 2. The number of carbonyl (C=O) groups excluding carboxylic acids is 2. The van der Waals surface area contributed by atoms with E-state index in [-0.39, 0.29) is 43.1 Å². The summed E-state index contributed by atoms with van der Waals surface area (Å²) in [7, 11) is 0. The maximum atomic E-state index is 13.2. The summed E-state index contributed by atoms with van der Waals surface area (Å²) in [5.74, 6) is -0.872. The minimum atomic E-state index is -0.728. The van der Waals surface area contributed by atoms with Crippen molar-refractivity contribution in [3.05, 3.63) is 59.9 Å². The molecule has 6 atom stereocenters. The van der Waals surface area contributed by atoms with Crippen molar-refractivity contribution in [3.8, 4) is 0 Å². The van der Waals surface area contributed by atoms with E-state index in [4.69, 9.17) is 4.74 Å². The molecule has 39 heavy (non-hydrogen) atoms. The zero-order valence-electron chi connectivity index (χ0n) is 22.8. The van der Waals surface area contributed by atoms with Gasteiger partial charge in [-0.1, -0.05) is 32.0 Å². The van der Waals surface area contributed by atoms with Crippen LogP contribution in [0.3, 0.4) is 0 Å². The highest BCUT2D eigenvalue weighted by molar-refractivity contribution is 7.98. The standard InChI is InChI=1S/C30H39FN2O5S/c1-29-14-13-26(38-28(37)33-21-5-4-6-22(15-21)39-3)30(2,18-34)25(29)12-11-24(35)23(29)16-27(36)32-17-19-7-9-20(31)10-8-19/h4-10,15,23-26,34-35H,11-14,16-18H2,1-3H3,(H,32,36)(H,33,37). The molecule has 2 saturated carbocycles. The fourth-order valence-electron chi connectivity index (χ4n) is 6.83. The SMILES string of the molecule is CSc1cccc(NC(=O)OC2CCC3(C)C(CC(=O)NCc4ccc(F)cc4)C(O)CCC3C2(C)CO)c1. The third-order valence-corrected chi connectivity index (χ3v) is 9.78. The number of ether oxygens (including phenoxy) is 1. The third kappa shape index (κ3) is 6.42. The Labute approximate surface area is 233 Å². The Hall–Kier alpha value is -2.62. The maximum absolute atomic E-state index is 13.2. The van der Waals surface area contributed by atoms with Crippen molar-refractivity contribution < 1.29 is 28.9 Å². The Morgan fingerprint density at radius 1 is 1.13 bits per heavy atom. The normalized spacial score (nSPS) is 30.2. The number of thioether (sulfide) groups is 1. The summed E-state index contributed by atoms with van der Waals surface area (Å²) >= 11 is 1.58. The Kier molecular flexibility index (Phi) is 9.24. The van der Waals surface area contributed by atoms with Gasteiger partial charge in [-0.2, -0.15) is 0 Å². The zero-order valence-corrected chi connectivity index (χ0v) is 23.6. The number of anilines is 1. The van der Waals surface area contributed by atoms with Gasteiger partial charge in [-0.05, 0) is 85.1 Å². The van der Waals surface area contributed by atoms with Gasteiger partial charge in [0, 0.05) is 29.0 Å². The second-order valence-corrected chi connectivity index (χ2v) is 12.3. The second kappa shape index (κ2) is 12.3. The number of nitrogens with one attached hydrogen (secondary N) is 2. The van der Waals surface area contributed by atoms with Crippen molar-refractivity contribution in [2.24, 2.45) is 22.7 Å². The molecule has 2 aromatic carbocycles. The van der Waals surface area contributed by atoms with E-state index >= 15 is 0 Å². The van der Waals surface area contributed by atoms with Crippen LogP contribution >= 0.6 is 11.8 Å². The Morgan fingerprint density at radius 2 is 1.87 bits per heavy atom. The van der Waals surface area contributed by atoms with Gasteiger partial charge in [0.1, 0.15) is 11.9 Å². The molecule has 212 valence electrons. The highest BCUT2D eigenvalue weighted by Crippen LogP contribution is 2.61. The van der Waals surface area contributed by atoms with Crippen molar-refractivity contribution in [1.82, 2.24) is 5.32 Å². The number of amides is 2. The van der Waals surface area contributed by atoms with Gasteiger partial charge in [-0.15, -0.1) is 11.8 Å². The lowest BCUT2D eigenvalue weighted by Gasteiger charge is -2.60. The predicted molar refractivity (Wildman–Crippen MR) is 150 cm³/mol. The molecule has 2 amide bonds. The van der Waals surface area contributed by atoms with Crippen LogP contribution in [-0.4, -0.2) is 47.3 Å². The van der Waals surface area contributed by atoms with Crippen molar-refractivity contribution in [3.63, 3.8) is 0 Å². The number of hydrogen-bond donors (Lipinski definition) is 4. The molecule has 0 spiro atoms. The van der Waals surface area contributed by atoms with Crippen molar-refractivity contribution in [1.29, 1.82) is 0 Å². The Morgan fingerprint density at radius 3 is 2.56 bits per heavy atom. The number of carbonyl (C=O) groups is 2. The number of fused-ring (bicyclic) bond motifs is 1. The zero-order chi connectivity index (χ0) is 28.2. The monoisotopic (exact) mass is 558 g/mol. The molecular formula is C30H39FN2O5S. The fourth-order valence-corrected chi connectivity index (χ4v) is 7.29. The van der Waals surface area contributed by atoms with E-state index in [9.17, 15) is 24.2 Å². The van der Waals surface area contributed by atoms with Crippen molar-refractivity contribution in [2.45, 2.75) is 69.6 Å². The molecule has 9 heteroatoms. The smallest absolute Gasteiger partial charge is 0.411 e. The van der Waals surface area contributed by atoms with Crippen LogP contribution in [-0.2, 0) is 16.1 Å². The lowest BCUT2D eigenvalue weighted by atomic mass is 9.46. The molecule has 7 nitrogen and oxygen atoms in total. The van der Waals surface area contributed by atoms with Crippen LogP contribution in [0.15, 0.2) is 53.4 Å². The Balaban J connectivity index is 1.44. The van der Waals surface area contributed by atoms with E-state index in [1.807, 2.05) is 31.4 Å². The Bertz CT molecular complexity index is 1160. The molecule has 0 saturated heterocycles. The number of aliphatic hydroxyl groups excluding tert-OH is 2. The molecule has 6 unspecified atom stereocenters. The van der Waals surface area contributed by atoms with Crippen LogP contribution in [0.2, 0.25) is 0 Å². The summed E-state index contributed by atoms with van der Waals surface area (Å²) in [4.78, 5) is 26.8. The third-order valence-electron chi connectivity index (χ3n) is 9.05. The largest absolute Gasteiger partial charge is 0.445 e. The molecule has 4 rings (SSSR count). The second-order valence-electron chi connectivity index (χ2n) is 11.4. The highest BCUT2D eigenvalue weighted by atomic mass is 32.2. The molecule has 2 aromatic rings. The van der Waals surface area contributed by atoms with Crippen LogP contribution in [0, 0.1) is 28.5 Å². The van der Waals surface area contributed by atoms with E-state index in [2.05, 4.69) is 17.6 Å². The minimum Gasteiger partial charge on any atom is -0.445 e. The summed E-state index contributed by atoms with van der Waals surface area (Å²) in [6.45, 7) is 4.15.